The van der Waals surface area contributed by atoms with Crippen LogP contribution in [-0.2, 0) is 11.3 Å². The molecule has 1 N–H and O–H groups in total. The molecule has 0 saturated heterocycles. The lowest BCUT2D eigenvalue weighted by atomic mass is 10.1. The fourth-order valence-corrected chi connectivity index (χ4v) is 2.26. The van der Waals surface area contributed by atoms with E-state index in [0.717, 1.165) is 12.8 Å². The molecule has 0 amide bonds. The maximum Gasteiger partial charge on any atom is 0.317 e. The molecule has 1 saturated carbocycles. The summed E-state index contributed by atoms with van der Waals surface area (Å²) in [6.07, 6.45) is 2.24. The standard InChI is InChI=1S/C14H18N2O5/c1-21-13-5-11(4-12(6-13)16(19)20)8-15(9-14(17)18)7-10-2-3-10/h4-6,10H,2-3,7-9H2,1H3,(H,17,18). The zero-order valence-electron chi connectivity index (χ0n) is 11.8. The summed E-state index contributed by atoms with van der Waals surface area (Å²) in [6, 6.07) is 4.52. The number of benzene rings is 1. The Labute approximate surface area is 122 Å². The normalized spacial score (nSPS) is 14.2. The van der Waals surface area contributed by atoms with Crippen LogP contribution in [0.3, 0.4) is 0 Å². The second kappa shape index (κ2) is 6.53. The molecular weight excluding hydrogens is 276 g/mol. The molecule has 114 valence electrons. The van der Waals surface area contributed by atoms with Crippen molar-refractivity contribution >= 4 is 11.7 Å². The highest BCUT2D eigenvalue weighted by Gasteiger charge is 2.25. The highest BCUT2D eigenvalue weighted by atomic mass is 16.6. The SMILES string of the molecule is COc1cc(CN(CC(=O)O)CC2CC2)cc([N+](=O)[O-])c1. The van der Waals surface area contributed by atoms with E-state index in [4.69, 9.17) is 9.84 Å². The molecule has 0 aliphatic heterocycles. The maximum atomic E-state index is 10.9. The Morgan fingerprint density at radius 2 is 2.19 bits per heavy atom. The van der Waals surface area contributed by atoms with Crippen molar-refractivity contribution in [3.05, 3.63) is 33.9 Å². The topological polar surface area (TPSA) is 92.9 Å². The second-order valence-electron chi connectivity index (χ2n) is 5.30. The monoisotopic (exact) mass is 294 g/mol. The molecule has 0 aromatic heterocycles. The van der Waals surface area contributed by atoms with Crippen molar-refractivity contribution in [1.82, 2.24) is 4.90 Å². The molecule has 2 rings (SSSR count). The third kappa shape index (κ3) is 4.71. The Balaban J connectivity index is 2.15. The van der Waals surface area contributed by atoms with Crippen molar-refractivity contribution in [2.45, 2.75) is 19.4 Å². The predicted molar refractivity (Wildman–Crippen MR) is 75.3 cm³/mol. The van der Waals surface area contributed by atoms with Gasteiger partial charge >= 0.3 is 5.97 Å². The number of ether oxygens (including phenoxy) is 1. The van der Waals surface area contributed by atoms with Crippen LogP contribution >= 0.6 is 0 Å². The van der Waals surface area contributed by atoms with Gasteiger partial charge in [-0.25, -0.2) is 0 Å². The maximum absolute atomic E-state index is 10.9. The Kier molecular flexibility index (Phi) is 4.74. The molecule has 7 nitrogen and oxygen atoms in total. The van der Waals surface area contributed by atoms with E-state index < -0.39 is 10.9 Å². The fourth-order valence-electron chi connectivity index (χ4n) is 2.26. The number of carboxylic acid groups (broad SMARTS) is 1. The van der Waals surface area contributed by atoms with Gasteiger partial charge in [0.05, 0.1) is 24.6 Å². The molecule has 1 aliphatic carbocycles. The van der Waals surface area contributed by atoms with E-state index in [1.807, 2.05) is 0 Å². The second-order valence-corrected chi connectivity index (χ2v) is 5.30. The van der Waals surface area contributed by atoms with Crippen LogP contribution in [0.4, 0.5) is 5.69 Å². The van der Waals surface area contributed by atoms with Crippen LogP contribution in [0.15, 0.2) is 18.2 Å². The number of non-ortho nitro benzene ring substituents is 1. The smallest absolute Gasteiger partial charge is 0.317 e. The number of carbonyl (C=O) groups is 1. The van der Waals surface area contributed by atoms with Crippen molar-refractivity contribution in [3.63, 3.8) is 0 Å². The number of methoxy groups -OCH3 is 1. The number of hydrogen-bond donors (Lipinski definition) is 1. The van der Waals surface area contributed by atoms with E-state index in [0.29, 0.717) is 30.3 Å². The van der Waals surface area contributed by atoms with Crippen LogP contribution < -0.4 is 4.74 Å². The van der Waals surface area contributed by atoms with Crippen LogP contribution in [0.1, 0.15) is 18.4 Å². The van der Waals surface area contributed by atoms with Gasteiger partial charge in [-0.15, -0.1) is 0 Å². The molecule has 7 heteroatoms. The van der Waals surface area contributed by atoms with Crippen LogP contribution in [0.25, 0.3) is 0 Å². The van der Waals surface area contributed by atoms with E-state index >= 15 is 0 Å². The highest BCUT2D eigenvalue weighted by Crippen LogP contribution is 2.30. The molecule has 0 heterocycles. The summed E-state index contributed by atoms with van der Waals surface area (Å²) in [6.45, 7) is 1.000. The van der Waals surface area contributed by atoms with Crippen molar-refractivity contribution in [3.8, 4) is 5.75 Å². The minimum absolute atomic E-state index is 0.0500. The number of carboxylic acids is 1. The quantitative estimate of drug-likeness (QED) is 0.581. The van der Waals surface area contributed by atoms with Gasteiger partial charge in [0.1, 0.15) is 5.75 Å². The summed E-state index contributed by atoms with van der Waals surface area (Å²) in [5, 5.41) is 19.9. The molecular formula is C14H18N2O5. The molecule has 1 aliphatic rings. The fraction of sp³-hybridized carbons (Fsp3) is 0.500. The van der Waals surface area contributed by atoms with Gasteiger partial charge in [0.2, 0.25) is 0 Å². The lowest BCUT2D eigenvalue weighted by Gasteiger charge is -2.20. The summed E-state index contributed by atoms with van der Waals surface area (Å²) >= 11 is 0. The molecule has 0 bridgehead atoms. The number of nitro benzene ring substituents is 1. The minimum atomic E-state index is -0.895. The molecule has 0 spiro atoms. The number of aliphatic carboxylic acids is 1. The van der Waals surface area contributed by atoms with Gasteiger partial charge in [0.25, 0.3) is 5.69 Å². The average Bonchev–Trinajstić information content (AvgIpc) is 3.21. The predicted octanol–water partition coefficient (Wildman–Crippen LogP) is 1.90. The Morgan fingerprint density at radius 3 is 2.71 bits per heavy atom. The Bertz CT molecular complexity index is 542. The first-order chi connectivity index (χ1) is 9.97. The lowest BCUT2D eigenvalue weighted by molar-refractivity contribution is -0.385. The van der Waals surface area contributed by atoms with Crippen LogP contribution in [0, 0.1) is 16.0 Å². The summed E-state index contributed by atoms with van der Waals surface area (Å²) in [5.74, 6) is 0.0545. The zero-order valence-corrected chi connectivity index (χ0v) is 11.8. The van der Waals surface area contributed by atoms with Gasteiger partial charge in [0, 0.05) is 19.2 Å². The molecule has 0 radical (unpaired) electrons. The first kappa shape index (κ1) is 15.2. The van der Waals surface area contributed by atoms with Gasteiger partial charge in [-0.3, -0.25) is 19.8 Å². The third-order valence-electron chi connectivity index (χ3n) is 3.38. The van der Waals surface area contributed by atoms with Crippen LogP contribution in [0.2, 0.25) is 0 Å². The first-order valence-electron chi connectivity index (χ1n) is 6.74. The average molecular weight is 294 g/mol. The zero-order chi connectivity index (χ0) is 15.4. The largest absolute Gasteiger partial charge is 0.496 e. The summed E-state index contributed by atoms with van der Waals surface area (Å²) in [7, 11) is 1.45. The van der Waals surface area contributed by atoms with Crippen molar-refractivity contribution < 1.29 is 19.6 Å². The van der Waals surface area contributed by atoms with Crippen LogP contribution in [0.5, 0.6) is 5.75 Å². The van der Waals surface area contributed by atoms with Crippen molar-refractivity contribution in [2.24, 2.45) is 5.92 Å². The lowest BCUT2D eigenvalue weighted by Crippen LogP contribution is -2.31. The van der Waals surface area contributed by atoms with E-state index in [9.17, 15) is 14.9 Å². The summed E-state index contributed by atoms with van der Waals surface area (Å²) in [5.41, 5.74) is 0.633. The molecule has 1 aromatic carbocycles. The van der Waals surface area contributed by atoms with Crippen molar-refractivity contribution in [1.29, 1.82) is 0 Å². The summed E-state index contributed by atoms with van der Waals surface area (Å²) in [4.78, 5) is 23.2. The highest BCUT2D eigenvalue weighted by molar-refractivity contribution is 5.69. The summed E-state index contributed by atoms with van der Waals surface area (Å²) < 4.78 is 5.06. The molecule has 0 unspecified atom stereocenters. The number of rotatable bonds is 8. The van der Waals surface area contributed by atoms with E-state index in [-0.39, 0.29) is 12.2 Å². The Morgan fingerprint density at radius 1 is 1.48 bits per heavy atom. The van der Waals surface area contributed by atoms with Gasteiger partial charge < -0.3 is 9.84 Å². The van der Waals surface area contributed by atoms with Gasteiger partial charge in [-0.1, -0.05) is 0 Å². The van der Waals surface area contributed by atoms with E-state index in [1.165, 1.54) is 19.2 Å². The molecule has 0 atom stereocenters. The van der Waals surface area contributed by atoms with Crippen LogP contribution in [-0.4, -0.2) is 41.1 Å². The van der Waals surface area contributed by atoms with E-state index in [1.54, 1.807) is 11.0 Å². The first-order valence-corrected chi connectivity index (χ1v) is 6.74. The number of nitro groups is 1. The molecule has 21 heavy (non-hydrogen) atoms. The van der Waals surface area contributed by atoms with Gasteiger partial charge in [-0.05, 0) is 30.4 Å². The minimum Gasteiger partial charge on any atom is -0.496 e. The Hall–Kier alpha value is -2.15. The number of hydrogen-bond acceptors (Lipinski definition) is 5. The number of nitrogens with zero attached hydrogens (tertiary/aromatic N) is 2. The van der Waals surface area contributed by atoms with E-state index in [2.05, 4.69) is 0 Å². The molecule has 1 aromatic rings. The van der Waals surface area contributed by atoms with Gasteiger partial charge in [0.15, 0.2) is 0 Å². The third-order valence-corrected chi connectivity index (χ3v) is 3.38. The molecule has 1 fully saturated rings. The van der Waals surface area contributed by atoms with Gasteiger partial charge in [-0.2, -0.15) is 0 Å². The van der Waals surface area contributed by atoms with Crippen molar-refractivity contribution in [2.75, 3.05) is 20.2 Å².